The van der Waals surface area contributed by atoms with Crippen molar-refractivity contribution in [2.75, 3.05) is 23.3 Å². The normalized spacial score (nSPS) is 17.4. The van der Waals surface area contributed by atoms with E-state index < -0.39 is 0 Å². The molecule has 1 saturated heterocycles. The Bertz CT molecular complexity index is 940. The van der Waals surface area contributed by atoms with Crippen molar-refractivity contribution in [1.29, 1.82) is 5.26 Å². The van der Waals surface area contributed by atoms with Crippen LogP contribution in [0.2, 0.25) is 0 Å². The summed E-state index contributed by atoms with van der Waals surface area (Å²) < 4.78 is 1.75. The second-order valence-corrected chi connectivity index (χ2v) is 6.29. The molecule has 3 heterocycles. The van der Waals surface area contributed by atoms with Crippen molar-refractivity contribution in [2.45, 2.75) is 18.9 Å². The van der Waals surface area contributed by atoms with Gasteiger partial charge in [-0.3, -0.25) is 4.68 Å². The van der Waals surface area contributed by atoms with Gasteiger partial charge in [-0.15, -0.1) is 0 Å². The van der Waals surface area contributed by atoms with Gasteiger partial charge in [0.2, 0.25) is 0 Å². The van der Waals surface area contributed by atoms with E-state index in [4.69, 9.17) is 0 Å². The molecule has 0 radical (unpaired) electrons. The van der Waals surface area contributed by atoms with E-state index in [2.05, 4.69) is 31.4 Å². The highest BCUT2D eigenvalue weighted by Crippen LogP contribution is 2.26. The van der Waals surface area contributed by atoms with Gasteiger partial charge in [0, 0.05) is 26.2 Å². The van der Waals surface area contributed by atoms with E-state index >= 15 is 0 Å². The van der Waals surface area contributed by atoms with Crippen LogP contribution in [0.1, 0.15) is 18.4 Å². The third kappa shape index (κ3) is 2.87. The molecule has 0 bridgehead atoms. The van der Waals surface area contributed by atoms with Crippen molar-refractivity contribution in [1.82, 2.24) is 19.7 Å². The molecule has 1 aliphatic heterocycles. The number of nitrogens with one attached hydrogen (secondary N) is 1. The van der Waals surface area contributed by atoms with Gasteiger partial charge in [0.25, 0.3) is 0 Å². The van der Waals surface area contributed by atoms with Crippen LogP contribution in [0, 0.1) is 11.3 Å². The minimum atomic E-state index is 0.263. The Morgan fingerprint density at radius 2 is 2.16 bits per heavy atom. The van der Waals surface area contributed by atoms with Crippen molar-refractivity contribution < 1.29 is 0 Å². The van der Waals surface area contributed by atoms with Gasteiger partial charge in [-0.1, -0.05) is 12.1 Å². The fraction of sp³-hybridized carbons (Fsp3) is 0.333. The lowest BCUT2D eigenvalue weighted by Crippen LogP contribution is -2.42. The number of aromatic nitrogens is 4. The maximum Gasteiger partial charge on any atom is 0.163 e. The number of nitriles is 1. The van der Waals surface area contributed by atoms with Crippen LogP contribution in [0.15, 0.2) is 36.8 Å². The lowest BCUT2D eigenvalue weighted by atomic mass is 10.0. The molecule has 0 aliphatic carbocycles. The van der Waals surface area contributed by atoms with Crippen molar-refractivity contribution in [3.8, 4) is 6.07 Å². The van der Waals surface area contributed by atoms with Crippen LogP contribution in [0.5, 0.6) is 0 Å². The third-order valence-electron chi connectivity index (χ3n) is 4.66. The first kappa shape index (κ1) is 15.4. The molecule has 25 heavy (non-hydrogen) atoms. The van der Waals surface area contributed by atoms with Gasteiger partial charge in [0.1, 0.15) is 18.2 Å². The predicted molar refractivity (Wildman–Crippen MR) is 96.3 cm³/mol. The van der Waals surface area contributed by atoms with Crippen molar-refractivity contribution in [3.05, 3.63) is 42.4 Å². The van der Waals surface area contributed by atoms with Gasteiger partial charge in [-0.05, 0) is 25.0 Å². The first-order chi connectivity index (χ1) is 12.3. The summed E-state index contributed by atoms with van der Waals surface area (Å²) in [5.74, 6) is 0.818. The number of anilines is 2. The molecular weight excluding hydrogens is 314 g/mol. The van der Waals surface area contributed by atoms with E-state index in [0.29, 0.717) is 0 Å². The van der Waals surface area contributed by atoms with Crippen molar-refractivity contribution in [3.63, 3.8) is 0 Å². The number of hydrogen-bond acceptors (Lipinski definition) is 6. The first-order valence-corrected chi connectivity index (χ1v) is 8.39. The summed E-state index contributed by atoms with van der Waals surface area (Å²) >= 11 is 0. The number of piperidine rings is 1. The molecule has 7 nitrogen and oxygen atoms in total. The van der Waals surface area contributed by atoms with Crippen LogP contribution in [-0.2, 0) is 7.05 Å². The fourth-order valence-corrected chi connectivity index (χ4v) is 3.43. The summed E-state index contributed by atoms with van der Waals surface area (Å²) in [5, 5.41) is 18.1. The number of aryl methyl sites for hydroxylation is 1. The van der Waals surface area contributed by atoms with E-state index in [1.165, 1.54) is 0 Å². The maximum absolute atomic E-state index is 9.35. The molecule has 4 rings (SSSR count). The smallest absolute Gasteiger partial charge is 0.163 e. The largest absolute Gasteiger partial charge is 0.368 e. The molecule has 2 aromatic heterocycles. The Morgan fingerprint density at radius 3 is 3.04 bits per heavy atom. The van der Waals surface area contributed by atoms with Gasteiger partial charge < -0.3 is 10.2 Å². The topological polar surface area (TPSA) is 82.7 Å². The van der Waals surface area contributed by atoms with Gasteiger partial charge >= 0.3 is 0 Å². The summed E-state index contributed by atoms with van der Waals surface area (Å²) in [7, 11) is 1.88. The minimum absolute atomic E-state index is 0.263. The molecular formula is C18H19N7. The molecule has 0 amide bonds. The molecule has 126 valence electrons. The SMILES string of the molecule is Cn1ncc2c(NC3CCCN(c4ccccc4C#N)C3)ncnc21. The highest BCUT2D eigenvalue weighted by Gasteiger charge is 2.23. The zero-order valence-corrected chi connectivity index (χ0v) is 14.1. The van der Waals surface area contributed by atoms with Crippen molar-refractivity contribution in [2.24, 2.45) is 7.05 Å². The average Bonchev–Trinajstić information content (AvgIpc) is 3.04. The van der Waals surface area contributed by atoms with E-state index in [1.807, 2.05) is 31.3 Å². The fourth-order valence-electron chi connectivity index (χ4n) is 3.43. The van der Waals surface area contributed by atoms with Crippen LogP contribution in [-0.4, -0.2) is 38.9 Å². The molecule has 3 aromatic rings. The maximum atomic E-state index is 9.35. The van der Waals surface area contributed by atoms with E-state index in [0.717, 1.165) is 54.0 Å². The summed E-state index contributed by atoms with van der Waals surface area (Å²) in [4.78, 5) is 11.0. The molecule has 1 aliphatic rings. The van der Waals surface area contributed by atoms with Crippen LogP contribution in [0.25, 0.3) is 11.0 Å². The standard InChI is InChI=1S/C18H19N7/c1-24-18-15(10-22-24)17(20-12-21-18)23-14-6-4-8-25(11-14)16-7-3-2-5-13(16)9-19/h2-3,5,7,10,12,14H,4,6,8,11H2,1H3,(H,20,21,23). The Balaban J connectivity index is 1.56. The van der Waals surface area contributed by atoms with Crippen LogP contribution >= 0.6 is 0 Å². The molecule has 1 fully saturated rings. The molecule has 1 unspecified atom stereocenters. The monoisotopic (exact) mass is 333 g/mol. The summed E-state index contributed by atoms with van der Waals surface area (Å²) in [6.45, 7) is 1.80. The predicted octanol–water partition coefficient (Wildman–Crippen LogP) is 2.32. The van der Waals surface area contributed by atoms with Gasteiger partial charge in [-0.25, -0.2) is 9.97 Å². The molecule has 1 aromatic carbocycles. The van der Waals surface area contributed by atoms with Gasteiger partial charge in [0.15, 0.2) is 5.65 Å². The van der Waals surface area contributed by atoms with E-state index in [9.17, 15) is 5.26 Å². The second kappa shape index (κ2) is 6.40. The van der Waals surface area contributed by atoms with Gasteiger partial charge in [0.05, 0.1) is 22.8 Å². The summed E-state index contributed by atoms with van der Waals surface area (Å²) in [5.41, 5.74) is 2.55. The number of para-hydroxylation sites is 1. The van der Waals surface area contributed by atoms with Crippen LogP contribution in [0.4, 0.5) is 11.5 Å². The van der Waals surface area contributed by atoms with Crippen LogP contribution < -0.4 is 10.2 Å². The Morgan fingerprint density at radius 1 is 1.28 bits per heavy atom. The number of rotatable bonds is 3. The molecule has 7 heteroatoms. The lowest BCUT2D eigenvalue weighted by Gasteiger charge is -2.35. The number of nitrogens with zero attached hydrogens (tertiary/aromatic N) is 6. The Kier molecular flexibility index (Phi) is 3.94. The average molecular weight is 333 g/mol. The number of hydrogen-bond donors (Lipinski definition) is 1. The quantitative estimate of drug-likeness (QED) is 0.792. The Hall–Kier alpha value is -3.14. The molecule has 1 atom stereocenters. The highest BCUT2D eigenvalue weighted by molar-refractivity contribution is 5.86. The minimum Gasteiger partial charge on any atom is -0.368 e. The molecule has 0 spiro atoms. The van der Waals surface area contributed by atoms with Crippen molar-refractivity contribution >= 4 is 22.5 Å². The summed E-state index contributed by atoms with van der Waals surface area (Å²) in [6.07, 6.45) is 5.50. The number of benzene rings is 1. The first-order valence-electron chi connectivity index (χ1n) is 8.39. The zero-order valence-electron chi connectivity index (χ0n) is 14.1. The molecule has 1 N–H and O–H groups in total. The molecule has 0 saturated carbocycles. The number of fused-ring (bicyclic) bond motifs is 1. The third-order valence-corrected chi connectivity index (χ3v) is 4.66. The van der Waals surface area contributed by atoms with Crippen LogP contribution in [0.3, 0.4) is 0 Å². The van der Waals surface area contributed by atoms with E-state index in [1.54, 1.807) is 17.2 Å². The lowest BCUT2D eigenvalue weighted by molar-refractivity contribution is 0.529. The van der Waals surface area contributed by atoms with E-state index in [-0.39, 0.29) is 6.04 Å². The summed E-state index contributed by atoms with van der Waals surface area (Å²) in [6, 6.07) is 10.3. The highest BCUT2D eigenvalue weighted by atomic mass is 15.3. The zero-order chi connectivity index (χ0) is 17.2. The second-order valence-electron chi connectivity index (χ2n) is 6.29. The van der Waals surface area contributed by atoms with Gasteiger partial charge in [-0.2, -0.15) is 10.4 Å². The Labute approximate surface area is 145 Å².